The molecule has 1 aromatic carbocycles. The molecule has 0 aliphatic carbocycles. The van der Waals surface area contributed by atoms with Crippen LogP contribution in [0.3, 0.4) is 0 Å². The fourth-order valence-electron chi connectivity index (χ4n) is 2.02. The SMILES string of the molecule is CC1Cc2cnc3ccc(I)cc3c2S1. The third kappa shape index (κ3) is 1.65. The highest BCUT2D eigenvalue weighted by molar-refractivity contribution is 14.1. The summed E-state index contributed by atoms with van der Waals surface area (Å²) in [5.74, 6) is 0. The number of benzene rings is 1. The van der Waals surface area contributed by atoms with Gasteiger partial charge in [-0.3, -0.25) is 4.98 Å². The number of thioether (sulfide) groups is 1. The molecule has 2 heterocycles. The molecule has 0 spiro atoms. The highest BCUT2D eigenvalue weighted by atomic mass is 127. The maximum atomic E-state index is 4.51. The molecule has 3 rings (SSSR count). The van der Waals surface area contributed by atoms with E-state index >= 15 is 0 Å². The van der Waals surface area contributed by atoms with Gasteiger partial charge in [0.15, 0.2) is 0 Å². The van der Waals surface area contributed by atoms with E-state index in [2.05, 4.69) is 52.7 Å². The molecule has 76 valence electrons. The van der Waals surface area contributed by atoms with Gasteiger partial charge in [0, 0.05) is 25.3 Å². The average molecular weight is 327 g/mol. The normalized spacial score (nSPS) is 19.5. The Balaban J connectivity index is 2.33. The van der Waals surface area contributed by atoms with Crippen LogP contribution in [-0.4, -0.2) is 10.2 Å². The van der Waals surface area contributed by atoms with Gasteiger partial charge in [-0.25, -0.2) is 0 Å². The minimum absolute atomic E-state index is 0.699. The molecule has 0 radical (unpaired) electrons. The average Bonchev–Trinajstić information content (AvgIpc) is 2.58. The van der Waals surface area contributed by atoms with Gasteiger partial charge < -0.3 is 0 Å². The first-order valence-corrected chi connectivity index (χ1v) is 6.93. The summed E-state index contributed by atoms with van der Waals surface area (Å²) in [5.41, 5.74) is 2.54. The van der Waals surface area contributed by atoms with Crippen molar-refractivity contribution in [1.29, 1.82) is 0 Å². The molecule has 0 fully saturated rings. The van der Waals surface area contributed by atoms with Gasteiger partial charge >= 0.3 is 0 Å². The van der Waals surface area contributed by atoms with Gasteiger partial charge in [-0.15, -0.1) is 11.8 Å². The van der Waals surface area contributed by atoms with E-state index in [-0.39, 0.29) is 0 Å². The van der Waals surface area contributed by atoms with Crippen molar-refractivity contribution in [3.05, 3.63) is 33.5 Å². The second kappa shape index (κ2) is 3.63. The van der Waals surface area contributed by atoms with E-state index in [0.29, 0.717) is 5.25 Å². The van der Waals surface area contributed by atoms with Crippen molar-refractivity contribution in [2.45, 2.75) is 23.5 Å². The first-order valence-electron chi connectivity index (χ1n) is 4.98. The van der Waals surface area contributed by atoms with Gasteiger partial charge in [0.2, 0.25) is 0 Å². The lowest BCUT2D eigenvalue weighted by Gasteiger charge is -2.04. The van der Waals surface area contributed by atoms with E-state index in [0.717, 1.165) is 11.9 Å². The van der Waals surface area contributed by atoms with Crippen molar-refractivity contribution >= 4 is 45.3 Å². The molecule has 0 saturated carbocycles. The number of hydrogen-bond acceptors (Lipinski definition) is 2. The first-order chi connectivity index (χ1) is 7.24. The molecule has 0 N–H and O–H groups in total. The second-order valence-corrected chi connectivity index (χ2v) is 6.60. The molecule has 0 amide bonds. The quantitative estimate of drug-likeness (QED) is 0.681. The number of pyridine rings is 1. The van der Waals surface area contributed by atoms with Crippen LogP contribution in [0.15, 0.2) is 29.3 Å². The van der Waals surface area contributed by atoms with Gasteiger partial charge in [-0.1, -0.05) is 6.92 Å². The lowest BCUT2D eigenvalue weighted by Crippen LogP contribution is -1.91. The predicted octanol–water partition coefficient (Wildman–Crippen LogP) is 3.88. The van der Waals surface area contributed by atoms with Crippen LogP contribution in [0, 0.1) is 3.57 Å². The van der Waals surface area contributed by atoms with Crippen molar-refractivity contribution in [2.75, 3.05) is 0 Å². The Kier molecular flexibility index (Phi) is 2.39. The molecular weight excluding hydrogens is 317 g/mol. The number of halogens is 1. The lowest BCUT2D eigenvalue weighted by molar-refractivity contribution is 0.954. The summed E-state index contributed by atoms with van der Waals surface area (Å²) in [6.45, 7) is 2.28. The maximum absolute atomic E-state index is 4.51. The number of aromatic nitrogens is 1. The van der Waals surface area contributed by atoms with Crippen molar-refractivity contribution < 1.29 is 0 Å². The molecule has 0 saturated heterocycles. The second-order valence-electron chi connectivity index (χ2n) is 3.91. The Labute approximate surface area is 107 Å². The van der Waals surface area contributed by atoms with Crippen LogP contribution in [0.4, 0.5) is 0 Å². The summed E-state index contributed by atoms with van der Waals surface area (Å²) in [6.07, 6.45) is 3.20. The molecule has 1 aromatic heterocycles. The van der Waals surface area contributed by atoms with Crippen LogP contribution in [0.5, 0.6) is 0 Å². The van der Waals surface area contributed by atoms with E-state index in [4.69, 9.17) is 0 Å². The largest absolute Gasteiger partial charge is 0.256 e. The van der Waals surface area contributed by atoms with E-state index in [1.807, 2.05) is 18.0 Å². The fraction of sp³-hybridized carbons (Fsp3) is 0.250. The molecule has 15 heavy (non-hydrogen) atoms. The van der Waals surface area contributed by atoms with E-state index < -0.39 is 0 Å². The molecule has 2 aromatic rings. The van der Waals surface area contributed by atoms with Crippen molar-refractivity contribution in [1.82, 2.24) is 4.98 Å². The van der Waals surface area contributed by atoms with Gasteiger partial charge in [-0.2, -0.15) is 0 Å². The van der Waals surface area contributed by atoms with Crippen LogP contribution in [0.25, 0.3) is 10.9 Å². The van der Waals surface area contributed by atoms with Crippen LogP contribution in [-0.2, 0) is 6.42 Å². The Morgan fingerprint density at radius 3 is 3.20 bits per heavy atom. The summed E-state index contributed by atoms with van der Waals surface area (Å²) in [7, 11) is 0. The monoisotopic (exact) mass is 327 g/mol. The fourth-order valence-corrected chi connectivity index (χ4v) is 3.75. The summed E-state index contributed by atoms with van der Waals surface area (Å²) < 4.78 is 1.29. The van der Waals surface area contributed by atoms with Crippen molar-refractivity contribution in [3.63, 3.8) is 0 Å². The number of fused-ring (bicyclic) bond motifs is 3. The van der Waals surface area contributed by atoms with Crippen molar-refractivity contribution in [2.24, 2.45) is 0 Å². The topological polar surface area (TPSA) is 12.9 Å². The smallest absolute Gasteiger partial charge is 0.0714 e. The van der Waals surface area contributed by atoms with Gasteiger partial charge in [0.05, 0.1) is 5.52 Å². The summed E-state index contributed by atoms with van der Waals surface area (Å²) in [6, 6.07) is 6.47. The third-order valence-electron chi connectivity index (χ3n) is 2.68. The van der Waals surface area contributed by atoms with Crippen molar-refractivity contribution in [3.8, 4) is 0 Å². The molecule has 1 unspecified atom stereocenters. The zero-order valence-corrected chi connectivity index (χ0v) is 11.3. The lowest BCUT2D eigenvalue weighted by atomic mass is 10.1. The predicted molar refractivity (Wildman–Crippen MR) is 73.5 cm³/mol. The number of nitrogens with zero attached hydrogens (tertiary/aromatic N) is 1. The number of rotatable bonds is 0. The maximum Gasteiger partial charge on any atom is 0.0714 e. The van der Waals surface area contributed by atoms with Gasteiger partial charge in [-0.05, 0) is 52.8 Å². The van der Waals surface area contributed by atoms with E-state index in [1.165, 1.54) is 19.4 Å². The molecular formula is C12H10INS. The van der Waals surface area contributed by atoms with Crippen LogP contribution >= 0.6 is 34.4 Å². The summed E-state index contributed by atoms with van der Waals surface area (Å²) in [4.78, 5) is 5.96. The van der Waals surface area contributed by atoms with Gasteiger partial charge in [0.25, 0.3) is 0 Å². The Hall–Kier alpha value is -0.290. The molecule has 1 aliphatic heterocycles. The standard InChI is InChI=1S/C12H10INS/c1-7-4-8-6-14-11-3-2-9(13)5-10(11)12(8)15-7/h2-3,5-7H,4H2,1H3. The summed E-state index contributed by atoms with van der Waals surface area (Å²) in [5, 5.41) is 2.03. The molecule has 0 bridgehead atoms. The van der Waals surface area contributed by atoms with Crippen LogP contribution < -0.4 is 0 Å². The third-order valence-corrected chi connectivity index (χ3v) is 4.64. The highest BCUT2D eigenvalue weighted by Crippen LogP contribution is 2.40. The molecule has 1 aliphatic rings. The van der Waals surface area contributed by atoms with E-state index in [9.17, 15) is 0 Å². The minimum Gasteiger partial charge on any atom is -0.256 e. The Morgan fingerprint density at radius 1 is 1.47 bits per heavy atom. The highest BCUT2D eigenvalue weighted by Gasteiger charge is 2.21. The first kappa shape index (κ1) is 9.90. The van der Waals surface area contributed by atoms with Crippen LogP contribution in [0.1, 0.15) is 12.5 Å². The molecule has 1 nitrogen and oxygen atoms in total. The van der Waals surface area contributed by atoms with Gasteiger partial charge in [0.1, 0.15) is 0 Å². The zero-order valence-electron chi connectivity index (χ0n) is 8.33. The summed E-state index contributed by atoms with van der Waals surface area (Å²) >= 11 is 4.35. The Bertz CT molecular complexity index is 538. The number of hydrogen-bond donors (Lipinski definition) is 0. The molecule has 3 heteroatoms. The Morgan fingerprint density at radius 2 is 2.33 bits per heavy atom. The minimum atomic E-state index is 0.699. The zero-order chi connectivity index (χ0) is 10.4. The molecule has 1 atom stereocenters. The van der Waals surface area contributed by atoms with Crippen LogP contribution in [0.2, 0.25) is 0 Å². The van der Waals surface area contributed by atoms with E-state index in [1.54, 1.807) is 0 Å².